The van der Waals surface area contributed by atoms with Gasteiger partial charge in [-0.15, -0.1) is 0 Å². The summed E-state index contributed by atoms with van der Waals surface area (Å²) in [6, 6.07) is 0. The monoisotopic (exact) mass is 205 g/mol. The molecule has 0 amide bonds. The quantitative estimate of drug-likeness (QED) is 0.698. The summed E-state index contributed by atoms with van der Waals surface area (Å²) >= 11 is 5.50. The van der Waals surface area contributed by atoms with E-state index in [4.69, 9.17) is 11.6 Å². The van der Waals surface area contributed by atoms with E-state index in [1.54, 1.807) is 5.54 Å². The zero-order valence-corrected chi connectivity index (χ0v) is 9.49. The van der Waals surface area contributed by atoms with Gasteiger partial charge in [0.05, 0.1) is 5.60 Å². The van der Waals surface area contributed by atoms with Gasteiger partial charge in [0.25, 0.3) is 0 Å². The first kappa shape index (κ1) is 12.9. The van der Waals surface area contributed by atoms with Crippen LogP contribution in [0.1, 0.15) is 33.6 Å². The van der Waals surface area contributed by atoms with Gasteiger partial charge in [-0.25, -0.2) is 0 Å². The molecule has 1 atom stereocenters. The van der Waals surface area contributed by atoms with Crippen LogP contribution in [0.4, 0.5) is 0 Å². The Morgan fingerprint density at radius 1 is 1.62 bits per heavy atom. The van der Waals surface area contributed by atoms with Crippen molar-refractivity contribution in [1.82, 2.24) is 5.32 Å². The summed E-state index contributed by atoms with van der Waals surface area (Å²) in [5.41, 5.74) is 2.04. The standard InChI is InChI=1S/C10H20ClNO/c1-4-5-10(3,13)8-12-7-9(2)6-11/h6,12-13H,4-5,7-8H2,1-3H3. The number of rotatable bonds is 6. The maximum Gasteiger partial charge on any atom is 0.0743 e. The minimum absolute atomic E-state index is 0.596. The molecule has 1 unspecified atom stereocenters. The van der Waals surface area contributed by atoms with E-state index in [1.165, 1.54) is 0 Å². The van der Waals surface area contributed by atoms with Gasteiger partial charge >= 0.3 is 0 Å². The summed E-state index contributed by atoms with van der Waals surface area (Å²) in [6.45, 7) is 7.22. The molecule has 0 aliphatic rings. The van der Waals surface area contributed by atoms with E-state index >= 15 is 0 Å². The van der Waals surface area contributed by atoms with Gasteiger partial charge in [-0.05, 0) is 25.8 Å². The summed E-state index contributed by atoms with van der Waals surface area (Å²) in [7, 11) is 0. The third-order valence-corrected chi connectivity index (χ3v) is 2.26. The SMILES string of the molecule is CCCC(C)(O)CNCC(C)=CCl. The van der Waals surface area contributed by atoms with E-state index in [1.807, 2.05) is 13.8 Å². The van der Waals surface area contributed by atoms with Gasteiger partial charge < -0.3 is 10.4 Å². The molecule has 0 aromatic carbocycles. The molecule has 0 saturated carbocycles. The van der Waals surface area contributed by atoms with E-state index in [-0.39, 0.29) is 0 Å². The van der Waals surface area contributed by atoms with Crippen LogP contribution >= 0.6 is 11.6 Å². The van der Waals surface area contributed by atoms with Crippen LogP contribution in [0.2, 0.25) is 0 Å². The largest absolute Gasteiger partial charge is 0.389 e. The van der Waals surface area contributed by atoms with Crippen LogP contribution in [0.15, 0.2) is 11.1 Å². The maximum absolute atomic E-state index is 9.79. The molecule has 78 valence electrons. The van der Waals surface area contributed by atoms with Gasteiger partial charge in [-0.3, -0.25) is 0 Å². The van der Waals surface area contributed by atoms with E-state index in [0.29, 0.717) is 6.54 Å². The van der Waals surface area contributed by atoms with Crippen molar-refractivity contribution < 1.29 is 5.11 Å². The molecule has 0 heterocycles. The lowest BCUT2D eigenvalue weighted by Gasteiger charge is -2.23. The van der Waals surface area contributed by atoms with Crippen molar-refractivity contribution in [2.45, 2.75) is 39.2 Å². The Bertz CT molecular complexity index is 166. The van der Waals surface area contributed by atoms with Crippen LogP contribution in [0.5, 0.6) is 0 Å². The van der Waals surface area contributed by atoms with Gasteiger partial charge in [0.15, 0.2) is 0 Å². The number of hydrogen-bond acceptors (Lipinski definition) is 2. The average molecular weight is 206 g/mol. The van der Waals surface area contributed by atoms with Crippen molar-refractivity contribution in [3.63, 3.8) is 0 Å². The first-order chi connectivity index (χ1) is 6.02. The predicted octanol–water partition coefficient (Wildman–Crippen LogP) is 2.27. The number of aliphatic hydroxyl groups is 1. The summed E-state index contributed by atoms with van der Waals surface area (Å²) in [6.07, 6.45) is 1.82. The Kier molecular flexibility index (Phi) is 6.39. The van der Waals surface area contributed by atoms with E-state index < -0.39 is 5.60 Å². The Hall–Kier alpha value is -0.0500. The van der Waals surface area contributed by atoms with Crippen LogP contribution < -0.4 is 5.32 Å². The van der Waals surface area contributed by atoms with E-state index in [0.717, 1.165) is 25.0 Å². The van der Waals surface area contributed by atoms with Gasteiger partial charge in [-0.1, -0.05) is 24.9 Å². The highest BCUT2D eigenvalue weighted by molar-refractivity contribution is 6.25. The van der Waals surface area contributed by atoms with E-state index in [9.17, 15) is 5.11 Å². The predicted molar refractivity (Wildman–Crippen MR) is 58.0 cm³/mol. The third-order valence-electron chi connectivity index (χ3n) is 1.88. The molecule has 0 saturated heterocycles. The Labute approximate surface area is 86.0 Å². The summed E-state index contributed by atoms with van der Waals surface area (Å²) in [5, 5.41) is 12.9. The molecule has 2 nitrogen and oxygen atoms in total. The molecule has 0 bridgehead atoms. The van der Waals surface area contributed by atoms with Crippen molar-refractivity contribution in [1.29, 1.82) is 0 Å². The molecule has 2 N–H and O–H groups in total. The van der Waals surface area contributed by atoms with E-state index in [2.05, 4.69) is 12.2 Å². The normalized spacial score (nSPS) is 17.2. The van der Waals surface area contributed by atoms with Crippen molar-refractivity contribution in [2.75, 3.05) is 13.1 Å². The average Bonchev–Trinajstić information content (AvgIpc) is 2.03. The molecule has 0 aromatic rings. The Morgan fingerprint density at radius 2 is 2.23 bits per heavy atom. The van der Waals surface area contributed by atoms with Crippen LogP contribution in [0.25, 0.3) is 0 Å². The smallest absolute Gasteiger partial charge is 0.0743 e. The Morgan fingerprint density at radius 3 is 2.69 bits per heavy atom. The number of halogens is 1. The molecule has 0 fully saturated rings. The van der Waals surface area contributed by atoms with Crippen LogP contribution in [0, 0.1) is 0 Å². The van der Waals surface area contributed by atoms with Crippen LogP contribution in [-0.4, -0.2) is 23.8 Å². The fourth-order valence-electron chi connectivity index (χ4n) is 1.19. The molecule has 0 spiro atoms. The Balaban J connectivity index is 3.63. The van der Waals surface area contributed by atoms with Gasteiger partial charge in [0, 0.05) is 18.6 Å². The summed E-state index contributed by atoms with van der Waals surface area (Å²) in [5.74, 6) is 0. The molecule has 0 aromatic heterocycles. The molecule has 0 aliphatic heterocycles. The molecule has 3 heteroatoms. The molecular weight excluding hydrogens is 186 g/mol. The van der Waals surface area contributed by atoms with Gasteiger partial charge in [0.2, 0.25) is 0 Å². The first-order valence-corrected chi connectivity index (χ1v) is 5.14. The molecule has 13 heavy (non-hydrogen) atoms. The summed E-state index contributed by atoms with van der Waals surface area (Å²) < 4.78 is 0. The first-order valence-electron chi connectivity index (χ1n) is 4.71. The highest BCUT2D eigenvalue weighted by Gasteiger charge is 2.17. The molecular formula is C10H20ClNO. The zero-order valence-electron chi connectivity index (χ0n) is 8.73. The second-order valence-corrected chi connectivity index (χ2v) is 4.02. The third kappa shape index (κ3) is 7.05. The fourth-order valence-corrected chi connectivity index (χ4v) is 1.27. The van der Waals surface area contributed by atoms with Crippen molar-refractivity contribution in [2.24, 2.45) is 0 Å². The lowest BCUT2D eigenvalue weighted by Crippen LogP contribution is -2.38. The van der Waals surface area contributed by atoms with Crippen molar-refractivity contribution >= 4 is 11.6 Å². The number of nitrogens with one attached hydrogen (secondary N) is 1. The maximum atomic E-state index is 9.79. The lowest BCUT2D eigenvalue weighted by atomic mass is 10.0. The van der Waals surface area contributed by atoms with Crippen LogP contribution in [0.3, 0.4) is 0 Å². The highest BCUT2D eigenvalue weighted by atomic mass is 35.5. The van der Waals surface area contributed by atoms with Crippen molar-refractivity contribution in [3.8, 4) is 0 Å². The zero-order chi connectivity index (χ0) is 10.3. The van der Waals surface area contributed by atoms with Crippen molar-refractivity contribution in [3.05, 3.63) is 11.1 Å². The molecule has 0 aliphatic carbocycles. The van der Waals surface area contributed by atoms with Crippen LogP contribution in [-0.2, 0) is 0 Å². The van der Waals surface area contributed by atoms with Gasteiger partial charge in [-0.2, -0.15) is 0 Å². The second-order valence-electron chi connectivity index (χ2n) is 3.81. The topological polar surface area (TPSA) is 32.3 Å². The number of hydrogen-bond donors (Lipinski definition) is 2. The molecule has 0 rings (SSSR count). The minimum Gasteiger partial charge on any atom is -0.389 e. The summed E-state index contributed by atoms with van der Waals surface area (Å²) in [4.78, 5) is 0. The highest BCUT2D eigenvalue weighted by Crippen LogP contribution is 2.09. The fraction of sp³-hybridized carbons (Fsp3) is 0.800. The molecule has 0 radical (unpaired) electrons. The minimum atomic E-state index is -0.596. The van der Waals surface area contributed by atoms with Gasteiger partial charge in [0.1, 0.15) is 0 Å². The lowest BCUT2D eigenvalue weighted by molar-refractivity contribution is 0.0509. The second kappa shape index (κ2) is 6.41.